The van der Waals surface area contributed by atoms with Crippen LogP contribution >= 0.6 is 0 Å². The van der Waals surface area contributed by atoms with E-state index in [9.17, 15) is 4.79 Å². The number of carboxylic acids is 1. The predicted molar refractivity (Wildman–Crippen MR) is 46.1 cm³/mol. The molecule has 0 saturated heterocycles. The van der Waals surface area contributed by atoms with Gasteiger partial charge in [-0.05, 0) is 0 Å². The maximum Gasteiger partial charge on any atom is 0.323 e. The van der Waals surface area contributed by atoms with Crippen molar-refractivity contribution in [2.75, 3.05) is 26.8 Å². The van der Waals surface area contributed by atoms with E-state index in [1.54, 1.807) is 12.1 Å². The summed E-state index contributed by atoms with van der Waals surface area (Å²) in [4.78, 5) is 12.0. The highest BCUT2D eigenvalue weighted by molar-refractivity contribution is 5.73. The molecule has 6 nitrogen and oxygen atoms in total. The van der Waals surface area contributed by atoms with E-state index in [0.29, 0.717) is 0 Å². The number of nitriles is 2. The Morgan fingerprint density at radius 3 is 2.29 bits per heavy atom. The third-order valence-electron chi connectivity index (χ3n) is 1.60. The Bertz CT molecular complexity index is 250. The zero-order valence-electron chi connectivity index (χ0n) is 7.80. The van der Waals surface area contributed by atoms with Crippen LogP contribution in [0.3, 0.4) is 0 Å². The first-order chi connectivity index (χ1) is 6.67. The lowest BCUT2D eigenvalue weighted by molar-refractivity contribution is -0.144. The van der Waals surface area contributed by atoms with Gasteiger partial charge in [0.2, 0.25) is 0 Å². The van der Waals surface area contributed by atoms with Crippen molar-refractivity contribution in [3.8, 4) is 12.1 Å². The number of ether oxygens (including phenoxy) is 1. The molecule has 0 bridgehead atoms. The number of hydrogen-bond donors (Lipinski definition) is 1. The molecule has 0 spiro atoms. The van der Waals surface area contributed by atoms with E-state index in [1.807, 2.05) is 0 Å². The van der Waals surface area contributed by atoms with Gasteiger partial charge in [0.05, 0.1) is 31.8 Å². The van der Waals surface area contributed by atoms with Crippen molar-refractivity contribution in [2.45, 2.75) is 6.04 Å². The molecule has 0 heterocycles. The standard InChI is InChI=1S/C8H11N3O3/c1-14-6-7(8(12)13)11(4-2-9)5-3-10/h7H,4-6H2,1H3,(H,12,13). The molecule has 1 atom stereocenters. The molecule has 0 aromatic heterocycles. The Kier molecular flexibility index (Phi) is 6.04. The Labute approximate surface area is 81.9 Å². The summed E-state index contributed by atoms with van der Waals surface area (Å²) in [6.07, 6.45) is 0. The van der Waals surface area contributed by atoms with E-state index in [1.165, 1.54) is 12.0 Å². The van der Waals surface area contributed by atoms with Crippen molar-refractivity contribution in [3.63, 3.8) is 0 Å². The van der Waals surface area contributed by atoms with Gasteiger partial charge in [0.15, 0.2) is 0 Å². The second-order valence-corrected chi connectivity index (χ2v) is 2.53. The molecule has 0 radical (unpaired) electrons. The summed E-state index contributed by atoms with van der Waals surface area (Å²) in [6, 6.07) is 2.66. The third-order valence-corrected chi connectivity index (χ3v) is 1.60. The van der Waals surface area contributed by atoms with E-state index in [2.05, 4.69) is 0 Å². The minimum atomic E-state index is -1.10. The predicted octanol–water partition coefficient (Wildman–Crippen LogP) is -0.565. The van der Waals surface area contributed by atoms with E-state index < -0.39 is 12.0 Å². The van der Waals surface area contributed by atoms with Gasteiger partial charge in [0.25, 0.3) is 0 Å². The molecule has 0 fully saturated rings. The van der Waals surface area contributed by atoms with Crippen LogP contribution in [0.25, 0.3) is 0 Å². The molecule has 0 aromatic carbocycles. The number of carboxylic acid groups (broad SMARTS) is 1. The normalized spacial score (nSPS) is 11.7. The fraction of sp³-hybridized carbons (Fsp3) is 0.625. The van der Waals surface area contributed by atoms with Gasteiger partial charge < -0.3 is 9.84 Å². The van der Waals surface area contributed by atoms with Gasteiger partial charge in [-0.25, -0.2) is 0 Å². The van der Waals surface area contributed by atoms with Crippen LogP contribution in [0.2, 0.25) is 0 Å². The van der Waals surface area contributed by atoms with Gasteiger partial charge in [0, 0.05) is 7.11 Å². The van der Waals surface area contributed by atoms with E-state index >= 15 is 0 Å². The summed E-state index contributed by atoms with van der Waals surface area (Å²) in [5.74, 6) is -1.10. The third kappa shape index (κ3) is 3.85. The van der Waals surface area contributed by atoms with E-state index in [4.69, 9.17) is 20.4 Å². The fourth-order valence-electron chi connectivity index (χ4n) is 0.949. The zero-order valence-corrected chi connectivity index (χ0v) is 7.80. The summed E-state index contributed by atoms with van der Waals surface area (Å²) in [7, 11) is 1.37. The first kappa shape index (κ1) is 12.4. The number of aliphatic carboxylic acids is 1. The van der Waals surface area contributed by atoms with Crippen LogP contribution in [0.4, 0.5) is 0 Å². The number of methoxy groups -OCH3 is 1. The Balaban J connectivity index is 4.48. The molecule has 0 rings (SSSR count). The highest BCUT2D eigenvalue weighted by Crippen LogP contribution is 1.99. The molecule has 0 amide bonds. The van der Waals surface area contributed by atoms with Crippen LogP contribution in [-0.4, -0.2) is 48.8 Å². The van der Waals surface area contributed by atoms with Gasteiger partial charge in [0.1, 0.15) is 6.04 Å². The quantitative estimate of drug-likeness (QED) is 0.573. The maximum atomic E-state index is 10.7. The minimum absolute atomic E-state index is 0.0430. The van der Waals surface area contributed by atoms with Crippen LogP contribution in [0, 0.1) is 22.7 Å². The van der Waals surface area contributed by atoms with E-state index in [0.717, 1.165) is 0 Å². The fourth-order valence-corrected chi connectivity index (χ4v) is 0.949. The smallest absolute Gasteiger partial charge is 0.323 e. The van der Waals surface area contributed by atoms with E-state index in [-0.39, 0.29) is 19.7 Å². The van der Waals surface area contributed by atoms with Gasteiger partial charge >= 0.3 is 5.97 Å². The zero-order chi connectivity index (χ0) is 11.0. The van der Waals surface area contributed by atoms with Gasteiger partial charge in [-0.15, -0.1) is 0 Å². The molecule has 1 unspecified atom stereocenters. The molecule has 14 heavy (non-hydrogen) atoms. The molecule has 76 valence electrons. The lowest BCUT2D eigenvalue weighted by Gasteiger charge is -2.22. The van der Waals surface area contributed by atoms with Crippen molar-refractivity contribution >= 4 is 5.97 Å². The number of nitrogens with zero attached hydrogens (tertiary/aromatic N) is 3. The molecular weight excluding hydrogens is 186 g/mol. The number of rotatable bonds is 6. The summed E-state index contributed by atoms with van der Waals surface area (Å²) in [6.45, 7) is -0.250. The first-order valence-electron chi connectivity index (χ1n) is 3.87. The maximum absolute atomic E-state index is 10.7. The highest BCUT2D eigenvalue weighted by atomic mass is 16.5. The average Bonchev–Trinajstić information content (AvgIpc) is 2.13. The molecule has 0 saturated carbocycles. The van der Waals surface area contributed by atoms with Crippen LogP contribution in [0.15, 0.2) is 0 Å². The summed E-state index contributed by atoms with van der Waals surface area (Å²) in [5.41, 5.74) is 0. The van der Waals surface area contributed by atoms with Gasteiger partial charge in [-0.3, -0.25) is 9.69 Å². The molecule has 0 aromatic rings. The second kappa shape index (κ2) is 6.84. The largest absolute Gasteiger partial charge is 0.480 e. The number of hydrogen-bond acceptors (Lipinski definition) is 5. The lowest BCUT2D eigenvalue weighted by Crippen LogP contribution is -2.44. The molecule has 0 aliphatic carbocycles. The summed E-state index contributed by atoms with van der Waals surface area (Å²) >= 11 is 0. The second-order valence-electron chi connectivity index (χ2n) is 2.53. The first-order valence-corrected chi connectivity index (χ1v) is 3.87. The SMILES string of the molecule is COCC(C(=O)O)N(CC#N)CC#N. The van der Waals surface area contributed by atoms with Crippen LogP contribution < -0.4 is 0 Å². The molecule has 6 heteroatoms. The monoisotopic (exact) mass is 197 g/mol. The van der Waals surface area contributed by atoms with Crippen LogP contribution in [-0.2, 0) is 9.53 Å². The molecule has 0 aliphatic heterocycles. The molecule has 0 aliphatic rings. The van der Waals surface area contributed by atoms with Crippen LogP contribution in [0.1, 0.15) is 0 Å². The molecular formula is C8H11N3O3. The van der Waals surface area contributed by atoms with Crippen molar-refractivity contribution < 1.29 is 14.6 Å². The lowest BCUT2D eigenvalue weighted by atomic mass is 10.2. The van der Waals surface area contributed by atoms with Crippen molar-refractivity contribution in [1.82, 2.24) is 4.90 Å². The Morgan fingerprint density at radius 1 is 1.50 bits per heavy atom. The van der Waals surface area contributed by atoms with Gasteiger partial charge in [-0.2, -0.15) is 10.5 Å². The van der Waals surface area contributed by atoms with Crippen molar-refractivity contribution in [1.29, 1.82) is 10.5 Å². The van der Waals surface area contributed by atoms with Gasteiger partial charge in [-0.1, -0.05) is 0 Å². The Morgan fingerprint density at radius 2 is 2.00 bits per heavy atom. The summed E-state index contributed by atoms with van der Waals surface area (Å²) in [5, 5.41) is 25.6. The summed E-state index contributed by atoms with van der Waals surface area (Å²) < 4.78 is 4.70. The molecule has 1 N–H and O–H groups in total. The van der Waals surface area contributed by atoms with Crippen molar-refractivity contribution in [2.24, 2.45) is 0 Å². The Hall–Kier alpha value is -1.63. The average molecular weight is 197 g/mol. The van der Waals surface area contributed by atoms with Crippen molar-refractivity contribution in [3.05, 3.63) is 0 Å². The minimum Gasteiger partial charge on any atom is -0.480 e. The topological polar surface area (TPSA) is 97.3 Å². The highest BCUT2D eigenvalue weighted by Gasteiger charge is 2.24. The number of carbonyl (C=O) groups is 1. The van der Waals surface area contributed by atoms with Crippen LogP contribution in [0.5, 0.6) is 0 Å².